The van der Waals surface area contributed by atoms with Crippen LogP contribution in [0.25, 0.3) is 0 Å². The molecule has 7 nitrogen and oxygen atoms in total. The molecular formula is C21H29IN4O3. The van der Waals surface area contributed by atoms with Gasteiger partial charge in [0.1, 0.15) is 6.54 Å². The summed E-state index contributed by atoms with van der Waals surface area (Å²) in [5, 5.41) is 6.00. The fraction of sp³-hybridized carbons (Fsp3) is 0.476. The standard InChI is InChI=1S/C21H28N4O3.HI/c1-4-16-9-7-11-18(13-16)24-19(26)14-23-21(22-5-2)25-12-8-10-17(15-25)20(27)28-6-3;/h1,7,9,11,13,17H,5-6,8,10,12,14-15H2,2-3H3,(H,22,23)(H,24,26);1H. The SMILES string of the molecule is C#Cc1cccc(NC(=O)CN=C(NCC)N2CCCC(C(=O)OCC)C2)c1.I. The van der Waals surface area contributed by atoms with Crippen LogP contribution in [0.1, 0.15) is 32.3 Å². The van der Waals surface area contributed by atoms with Crippen LogP contribution in [-0.4, -0.2) is 55.5 Å². The van der Waals surface area contributed by atoms with Crippen LogP contribution in [0.3, 0.4) is 0 Å². The normalized spacial score (nSPS) is 16.2. The highest BCUT2D eigenvalue weighted by Gasteiger charge is 2.28. The Labute approximate surface area is 189 Å². The second-order valence-electron chi connectivity index (χ2n) is 6.48. The Morgan fingerprint density at radius 3 is 2.86 bits per heavy atom. The summed E-state index contributed by atoms with van der Waals surface area (Å²) in [5.74, 6) is 2.59. The van der Waals surface area contributed by atoms with Gasteiger partial charge in [0.15, 0.2) is 5.96 Å². The monoisotopic (exact) mass is 512 g/mol. The lowest BCUT2D eigenvalue weighted by Crippen LogP contribution is -2.48. The number of benzene rings is 1. The van der Waals surface area contributed by atoms with Gasteiger partial charge in [0.05, 0.1) is 12.5 Å². The number of nitrogens with one attached hydrogen (secondary N) is 2. The van der Waals surface area contributed by atoms with Gasteiger partial charge in [-0.1, -0.05) is 12.0 Å². The van der Waals surface area contributed by atoms with E-state index in [4.69, 9.17) is 11.2 Å². The van der Waals surface area contributed by atoms with E-state index in [2.05, 4.69) is 21.5 Å². The number of guanidine groups is 1. The lowest BCUT2D eigenvalue weighted by Gasteiger charge is -2.33. The van der Waals surface area contributed by atoms with E-state index in [0.717, 1.165) is 19.4 Å². The molecule has 0 aromatic heterocycles. The van der Waals surface area contributed by atoms with E-state index < -0.39 is 0 Å². The Balaban J connectivity index is 0.00000420. The molecule has 1 aliphatic heterocycles. The molecule has 1 saturated heterocycles. The van der Waals surface area contributed by atoms with Gasteiger partial charge in [-0.3, -0.25) is 9.59 Å². The lowest BCUT2D eigenvalue weighted by atomic mass is 9.98. The Morgan fingerprint density at radius 2 is 2.17 bits per heavy atom. The summed E-state index contributed by atoms with van der Waals surface area (Å²) in [5.41, 5.74) is 1.34. The van der Waals surface area contributed by atoms with Crippen molar-refractivity contribution in [1.29, 1.82) is 0 Å². The minimum Gasteiger partial charge on any atom is -0.466 e. The summed E-state index contributed by atoms with van der Waals surface area (Å²) in [6.45, 7) is 6.12. The van der Waals surface area contributed by atoms with Crippen molar-refractivity contribution in [2.45, 2.75) is 26.7 Å². The first-order chi connectivity index (χ1) is 13.6. The van der Waals surface area contributed by atoms with E-state index in [1.807, 2.05) is 18.7 Å². The van der Waals surface area contributed by atoms with Crippen LogP contribution in [0.2, 0.25) is 0 Å². The maximum Gasteiger partial charge on any atom is 0.310 e. The van der Waals surface area contributed by atoms with Crippen molar-refractivity contribution in [1.82, 2.24) is 10.2 Å². The number of nitrogens with zero attached hydrogens (tertiary/aromatic N) is 2. The largest absolute Gasteiger partial charge is 0.466 e. The van der Waals surface area contributed by atoms with Gasteiger partial charge in [0.2, 0.25) is 5.91 Å². The maximum atomic E-state index is 12.3. The maximum absolute atomic E-state index is 12.3. The summed E-state index contributed by atoms with van der Waals surface area (Å²) in [4.78, 5) is 30.8. The molecule has 0 spiro atoms. The number of hydrogen-bond acceptors (Lipinski definition) is 4. The molecule has 1 unspecified atom stereocenters. The molecule has 1 aromatic carbocycles. The number of terminal acetylenes is 1. The number of esters is 1. The molecule has 2 N–H and O–H groups in total. The third-order valence-corrected chi connectivity index (χ3v) is 4.36. The number of anilines is 1. The molecular weight excluding hydrogens is 483 g/mol. The quantitative estimate of drug-likeness (QED) is 0.201. The van der Waals surface area contributed by atoms with Gasteiger partial charge >= 0.3 is 5.97 Å². The fourth-order valence-corrected chi connectivity index (χ4v) is 3.08. The van der Waals surface area contributed by atoms with E-state index in [0.29, 0.717) is 36.9 Å². The Kier molecular flexibility index (Phi) is 11.1. The first kappa shape index (κ1) is 24.8. The average Bonchev–Trinajstić information content (AvgIpc) is 2.71. The number of rotatable bonds is 6. The molecule has 2 rings (SSSR count). The summed E-state index contributed by atoms with van der Waals surface area (Å²) >= 11 is 0. The van der Waals surface area contributed by atoms with E-state index in [1.54, 1.807) is 24.3 Å². The van der Waals surface area contributed by atoms with Crippen molar-refractivity contribution in [2.24, 2.45) is 10.9 Å². The first-order valence-electron chi connectivity index (χ1n) is 9.63. The van der Waals surface area contributed by atoms with Crippen LogP contribution >= 0.6 is 24.0 Å². The predicted octanol–water partition coefficient (Wildman–Crippen LogP) is 2.47. The van der Waals surface area contributed by atoms with E-state index in [-0.39, 0.29) is 48.3 Å². The smallest absolute Gasteiger partial charge is 0.310 e. The molecule has 1 amide bonds. The zero-order valence-corrected chi connectivity index (χ0v) is 19.3. The van der Waals surface area contributed by atoms with Crippen LogP contribution in [-0.2, 0) is 14.3 Å². The molecule has 1 aromatic rings. The highest BCUT2D eigenvalue weighted by molar-refractivity contribution is 14.0. The third-order valence-electron chi connectivity index (χ3n) is 4.36. The fourth-order valence-electron chi connectivity index (χ4n) is 3.08. The zero-order valence-electron chi connectivity index (χ0n) is 16.9. The first-order valence-corrected chi connectivity index (χ1v) is 9.63. The Hall–Kier alpha value is -2.28. The molecule has 1 fully saturated rings. The van der Waals surface area contributed by atoms with Crippen LogP contribution in [0.4, 0.5) is 5.69 Å². The van der Waals surface area contributed by atoms with Gasteiger partial charge in [-0.05, 0) is 44.9 Å². The second-order valence-corrected chi connectivity index (χ2v) is 6.48. The molecule has 1 atom stereocenters. The van der Waals surface area contributed by atoms with Crippen molar-refractivity contribution in [3.05, 3.63) is 29.8 Å². The topological polar surface area (TPSA) is 83.0 Å². The summed E-state index contributed by atoms with van der Waals surface area (Å²) in [6.07, 6.45) is 7.06. The molecule has 0 saturated carbocycles. The average molecular weight is 512 g/mol. The molecule has 8 heteroatoms. The zero-order chi connectivity index (χ0) is 20.4. The highest BCUT2D eigenvalue weighted by atomic mass is 127. The van der Waals surface area contributed by atoms with Crippen molar-refractivity contribution in [2.75, 3.05) is 38.1 Å². The molecule has 158 valence electrons. The minimum absolute atomic E-state index is 0. The number of amides is 1. The number of ether oxygens (including phenoxy) is 1. The minimum atomic E-state index is -0.233. The molecule has 29 heavy (non-hydrogen) atoms. The number of piperidine rings is 1. The van der Waals surface area contributed by atoms with Gasteiger partial charge in [0, 0.05) is 30.9 Å². The summed E-state index contributed by atoms with van der Waals surface area (Å²) < 4.78 is 5.15. The van der Waals surface area contributed by atoms with Gasteiger partial charge in [-0.2, -0.15) is 0 Å². The van der Waals surface area contributed by atoms with Gasteiger partial charge < -0.3 is 20.3 Å². The van der Waals surface area contributed by atoms with Crippen LogP contribution in [0, 0.1) is 18.3 Å². The highest BCUT2D eigenvalue weighted by Crippen LogP contribution is 2.18. The molecule has 0 aliphatic carbocycles. The number of halogens is 1. The van der Waals surface area contributed by atoms with Gasteiger partial charge in [0.25, 0.3) is 0 Å². The molecule has 0 radical (unpaired) electrons. The van der Waals surface area contributed by atoms with Crippen LogP contribution in [0.5, 0.6) is 0 Å². The van der Waals surface area contributed by atoms with E-state index >= 15 is 0 Å². The number of likely N-dealkylation sites (tertiary alicyclic amines) is 1. The number of aliphatic imine (C=N–C) groups is 1. The van der Waals surface area contributed by atoms with Crippen molar-refractivity contribution in [3.63, 3.8) is 0 Å². The molecule has 1 aliphatic rings. The number of carbonyl (C=O) groups is 2. The van der Waals surface area contributed by atoms with Gasteiger partial charge in [-0.15, -0.1) is 30.4 Å². The van der Waals surface area contributed by atoms with E-state index in [1.165, 1.54) is 0 Å². The Morgan fingerprint density at radius 1 is 1.38 bits per heavy atom. The van der Waals surface area contributed by atoms with Gasteiger partial charge in [-0.25, -0.2) is 4.99 Å². The molecule has 1 heterocycles. The lowest BCUT2D eigenvalue weighted by molar-refractivity contribution is -0.149. The predicted molar refractivity (Wildman–Crippen MR) is 125 cm³/mol. The van der Waals surface area contributed by atoms with Crippen molar-refractivity contribution >= 4 is 47.5 Å². The van der Waals surface area contributed by atoms with Crippen molar-refractivity contribution in [3.8, 4) is 12.3 Å². The third kappa shape index (κ3) is 7.93. The van der Waals surface area contributed by atoms with Crippen molar-refractivity contribution < 1.29 is 14.3 Å². The summed E-state index contributed by atoms with van der Waals surface area (Å²) in [7, 11) is 0. The van der Waals surface area contributed by atoms with Crippen LogP contribution in [0.15, 0.2) is 29.3 Å². The number of hydrogen-bond donors (Lipinski definition) is 2. The van der Waals surface area contributed by atoms with E-state index in [9.17, 15) is 9.59 Å². The summed E-state index contributed by atoms with van der Waals surface area (Å²) in [6, 6.07) is 7.11. The number of carbonyl (C=O) groups excluding carboxylic acids is 2. The Bertz CT molecular complexity index is 761. The molecule has 0 bridgehead atoms. The second kappa shape index (κ2) is 13.0. The van der Waals surface area contributed by atoms with Crippen LogP contribution < -0.4 is 10.6 Å².